The lowest BCUT2D eigenvalue weighted by molar-refractivity contribution is 0.229. The van der Waals surface area contributed by atoms with Crippen LogP contribution in [0, 0.1) is 11.7 Å². The van der Waals surface area contributed by atoms with Crippen molar-refractivity contribution in [1.29, 1.82) is 0 Å². The van der Waals surface area contributed by atoms with Crippen molar-refractivity contribution in [1.82, 2.24) is 5.32 Å². The van der Waals surface area contributed by atoms with E-state index in [0.717, 1.165) is 6.54 Å². The van der Waals surface area contributed by atoms with E-state index in [-0.39, 0.29) is 11.9 Å². The molecule has 1 aromatic rings. The second kappa shape index (κ2) is 5.68. The third-order valence-corrected chi connectivity index (χ3v) is 4.62. The lowest BCUT2D eigenvalue weighted by Gasteiger charge is -2.35. The Balaban J connectivity index is 2.31. The van der Waals surface area contributed by atoms with Crippen molar-refractivity contribution in [3.05, 3.63) is 33.0 Å². The van der Waals surface area contributed by atoms with Gasteiger partial charge in [-0.2, -0.15) is 0 Å². The lowest BCUT2D eigenvalue weighted by Crippen LogP contribution is -2.32. The summed E-state index contributed by atoms with van der Waals surface area (Å²) in [7, 11) is 0. The maximum absolute atomic E-state index is 14.0. The maximum Gasteiger partial charge on any atom is 0.129 e. The summed E-state index contributed by atoms with van der Waals surface area (Å²) in [5.74, 6) is 0.362. The summed E-state index contributed by atoms with van der Waals surface area (Å²) in [6.07, 6.45) is 3.59. The summed E-state index contributed by atoms with van der Waals surface area (Å²) in [6, 6.07) is 3.30. The van der Waals surface area contributed by atoms with Crippen LogP contribution in [0.2, 0.25) is 5.02 Å². The number of rotatable bonds is 4. The highest BCUT2D eigenvalue weighted by Crippen LogP contribution is 2.40. The number of hydrogen-bond donors (Lipinski definition) is 1. The molecule has 17 heavy (non-hydrogen) atoms. The Morgan fingerprint density at radius 2 is 2.24 bits per heavy atom. The number of benzene rings is 1. The van der Waals surface area contributed by atoms with Gasteiger partial charge >= 0.3 is 0 Å². The fourth-order valence-electron chi connectivity index (χ4n) is 2.30. The van der Waals surface area contributed by atoms with Gasteiger partial charge in [-0.15, -0.1) is 0 Å². The van der Waals surface area contributed by atoms with Crippen molar-refractivity contribution in [2.24, 2.45) is 5.92 Å². The Hall–Kier alpha value is -0.120. The van der Waals surface area contributed by atoms with Gasteiger partial charge in [-0.3, -0.25) is 0 Å². The van der Waals surface area contributed by atoms with E-state index in [0.29, 0.717) is 21.0 Å². The first kappa shape index (κ1) is 13.3. The normalized spacial score (nSPS) is 17.9. The second-order valence-corrected chi connectivity index (χ2v) is 5.78. The zero-order valence-electron chi connectivity index (χ0n) is 9.77. The topological polar surface area (TPSA) is 12.0 Å². The molecule has 94 valence electrons. The Bertz CT molecular complexity index is 407. The Kier molecular flexibility index (Phi) is 4.45. The molecule has 0 spiro atoms. The fraction of sp³-hybridized carbons (Fsp3) is 0.538. The van der Waals surface area contributed by atoms with Crippen LogP contribution in [0.5, 0.6) is 0 Å². The van der Waals surface area contributed by atoms with Gasteiger partial charge in [0.25, 0.3) is 0 Å². The molecule has 1 fully saturated rings. The molecule has 1 N–H and O–H groups in total. The first-order chi connectivity index (χ1) is 8.13. The van der Waals surface area contributed by atoms with Crippen molar-refractivity contribution < 1.29 is 4.39 Å². The maximum atomic E-state index is 14.0. The van der Waals surface area contributed by atoms with Gasteiger partial charge in [0.15, 0.2) is 0 Å². The van der Waals surface area contributed by atoms with Gasteiger partial charge in [0.05, 0.1) is 5.02 Å². The van der Waals surface area contributed by atoms with Gasteiger partial charge in [0.2, 0.25) is 0 Å². The molecule has 0 aromatic heterocycles. The van der Waals surface area contributed by atoms with E-state index in [2.05, 4.69) is 21.2 Å². The Morgan fingerprint density at radius 3 is 2.76 bits per heavy atom. The predicted molar refractivity (Wildman–Crippen MR) is 72.9 cm³/mol. The van der Waals surface area contributed by atoms with Crippen LogP contribution in [-0.2, 0) is 0 Å². The van der Waals surface area contributed by atoms with E-state index in [1.807, 2.05) is 6.92 Å². The molecule has 1 aliphatic rings. The second-order valence-electron chi connectivity index (χ2n) is 4.51. The molecule has 1 atom stereocenters. The fourth-order valence-corrected chi connectivity index (χ4v) is 2.79. The molecule has 0 heterocycles. The summed E-state index contributed by atoms with van der Waals surface area (Å²) < 4.78 is 14.6. The van der Waals surface area contributed by atoms with E-state index in [1.54, 1.807) is 6.07 Å². The Morgan fingerprint density at radius 1 is 1.53 bits per heavy atom. The highest BCUT2D eigenvalue weighted by atomic mass is 79.9. The molecule has 1 unspecified atom stereocenters. The largest absolute Gasteiger partial charge is 0.310 e. The van der Waals surface area contributed by atoms with Crippen LogP contribution in [0.4, 0.5) is 4.39 Å². The minimum atomic E-state index is -0.181. The van der Waals surface area contributed by atoms with Crippen molar-refractivity contribution in [3.63, 3.8) is 0 Å². The van der Waals surface area contributed by atoms with Crippen LogP contribution in [0.25, 0.3) is 0 Å². The van der Waals surface area contributed by atoms with E-state index in [1.165, 1.54) is 25.3 Å². The highest BCUT2D eigenvalue weighted by molar-refractivity contribution is 9.10. The molecule has 1 nitrogen and oxygen atoms in total. The minimum Gasteiger partial charge on any atom is -0.310 e. The van der Waals surface area contributed by atoms with E-state index < -0.39 is 0 Å². The Labute approximate surface area is 115 Å². The van der Waals surface area contributed by atoms with E-state index in [9.17, 15) is 4.39 Å². The summed E-state index contributed by atoms with van der Waals surface area (Å²) in [5.41, 5.74) is 0.699. The molecule has 0 amide bonds. The number of nitrogens with one attached hydrogen (secondary N) is 1. The van der Waals surface area contributed by atoms with Crippen LogP contribution in [0.3, 0.4) is 0 Å². The van der Waals surface area contributed by atoms with E-state index in [4.69, 9.17) is 11.6 Å². The molecule has 0 bridgehead atoms. The molecular formula is C13H16BrClFN. The summed E-state index contributed by atoms with van der Waals surface area (Å²) in [6.45, 7) is 2.89. The summed E-state index contributed by atoms with van der Waals surface area (Å²) in [4.78, 5) is 0. The van der Waals surface area contributed by atoms with Crippen molar-refractivity contribution in [2.45, 2.75) is 32.2 Å². The monoisotopic (exact) mass is 319 g/mol. The standard InChI is InChI=1S/C13H16BrClFN/c1-2-17-13(8-4-3-5-8)9-6-11(15)10(14)7-12(9)16/h6-8,13,17H,2-5H2,1H3. The molecule has 1 saturated carbocycles. The molecule has 0 aliphatic heterocycles. The average molecular weight is 321 g/mol. The highest BCUT2D eigenvalue weighted by Gasteiger charge is 2.30. The van der Waals surface area contributed by atoms with Gasteiger partial charge in [0, 0.05) is 16.1 Å². The number of halogens is 3. The third kappa shape index (κ3) is 2.83. The quantitative estimate of drug-likeness (QED) is 0.793. The van der Waals surface area contributed by atoms with E-state index >= 15 is 0 Å². The zero-order valence-corrected chi connectivity index (χ0v) is 12.1. The molecule has 1 aliphatic carbocycles. The van der Waals surface area contributed by atoms with Gasteiger partial charge < -0.3 is 5.32 Å². The zero-order chi connectivity index (χ0) is 12.4. The molecule has 2 rings (SSSR count). The molecule has 0 saturated heterocycles. The summed E-state index contributed by atoms with van der Waals surface area (Å²) >= 11 is 9.30. The van der Waals surface area contributed by atoms with Crippen molar-refractivity contribution in [3.8, 4) is 0 Å². The van der Waals surface area contributed by atoms with Crippen LogP contribution < -0.4 is 5.32 Å². The minimum absolute atomic E-state index is 0.0966. The van der Waals surface area contributed by atoms with Gasteiger partial charge in [0.1, 0.15) is 5.82 Å². The predicted octanol–water partition coefficient (Wildman–Crippen LogP) is 4.69. The van der Waals surface area contributed by atoms with Crippen LogP contribution in [0.15, 0.2) is 16.6 Å². The molecule has 0 radical (unpaired) electrons. The van der Waals surface area contributed by atoms with Crippen LogP contribution in [-0.4, -0.2) is 6.54 Å². The van der Waals surface area contributed by atoms with Crippen LogP contribution >= 0.6 is 27.5 Å². The third-order valence-electron chi connectivity index (χ3n) is 3.42. The van der Waals surface area contributed by atoms with Crippen molar-refractivity contribution >= 4 is 27.5 Å². The number of hydrogen-bond acceptors (Lipinski definition) is 1. The van der Waals surface area contributed by atoms with Gasteiger partial charge in [-0.1, -0.05) is 24.9 Å². The molecular weight excluding hydrogens is 305 g/mol. The first-order valence-electron chi connectivity index (χ1n) is 6.01. The first-order valence-corrected chi connectivity index (χ1v) is 7.18. The lowest BCUT2D eigenvalue weighted by atomic mass is 9.77. The average Bonchev–Trinajstić information content (AvgIpc) is 2.20. The van der Waals surface area contributed by atoms with Crippen molar-refractivity contribution in [2.75, 3.05) is 6.54 Å². The summed E-state index contributed by atoms with van der Waals surface area (Å²) in [5, 5.41) is 3.95. The smallest absolute Gasteiger partial charge is 0.129 e. The SMILES string of the molecule is CCNC(c1cc(Cl)c(Br)cc1F)C1CCC1. The molecule has 4 heteroatoms. The van der Waals surface area contributed by atoms with Crippen LogP contribution in [0.1, 0.15) is 37.8 Å². The molecule has 1 aromatic carbocycles. The van der Waals surface area contributed by atoms with Gasteiger partial charge in [-0.05, 0) is 53.4 Å². The van der Waals surface area contributed by atoms with Gasteiger partial charge in [-0.25, -0.2) is 4.39 Å².